The Hall–Kier alpha value is -1.43. The molecule has 17 heavy (non-hydrogen) atoms. The second-order valence-electron chi connectivity index (χ2n) is 3.64. The Kier molecular flexibility index (Phi) is 4.62. The highest BCUT2D eigenvalue weighted by molar-refractivity contribution is 6.01. The summed E-state index contributed by atoms with van der Waals surface area (Å²) in [5.41, 5.74) is -1.63. The van der Waals surface area contributed by atoms with Crippen molar-refractivity contribution in [3.05, 3.63) is 0 Å². The van der Waals surface area contributed by atoms with Gasteiger partial charge in [-0.1, -0.05) is 5.16 Å². The summed E-state index contributed by atoms with van der Waals surface area (Å²) in [5.74, 6) is -0.399. The van der Waals surface area contributed by atoms with E-state index in [-0.39, 0.29) is 6.42 Å². The van der Waals surface area contributed by atoms with Crippen LogP contribution in [0.15, 0.2) is 5.16 Å². The molecule has 0 aromatic rings. The van der Waals surface area contributed by atoms with Crippen molar-refractivity contribution in [1.82, 2.24) is 4.90 Å². The lowest BCUT2D eigenvalue weighted by molar-refractivity contribution is -0.174. The number of nitrogens with zero attached hydrogens (tertiary/aromatic N) is 2. The van der Waals surface area contributed by atoms with Crippen LogP contribution >= 0.6 is 0 Å². The molecule has 1 amide bonds. The largest absolute Gasteiger partial charge is 0.388 e. The molecule has 1 heterocycles. The molecule has 0 N–H and O–H groups in total. The molecule has 0 aromatic heterocycles. The summed E-state index contributed by atoms with van der Waals surface area (Å²) in [5, 5.41) is 3.46. The van der Waals surface area contributed by atoms with E-state index in [0.29, 0.717) is 19.4 Å². The molecule has 0 fully saturated rings. The highest BCUT2D eigenvalue weighted by Gasteiger charge is 2.51. The van der Waals surface area contributed by atoms with Crippen LogP contribution in [0, 0.1) is 0 Å². The van der Waals surface area contributed by atoms with Gasteiger partial charge in [-0.3, -0.25) is 9.59 Å². The predicted octanol–water partition coefficient (Wildman–Crippen LogP) is 0.0906. The first-order valence-corrected chi connectivity index (χ1v) is 5.55. The summed E-state index contributed by atoms with van der Waals surface area (Å²) in [4.78, 5) is 30.1. The maximum Gasteiger partial charge on any atom is 0.266 e. The van der Waals surface area contributed by atoms with Crippen molar-refractivity contribution in [3.63, 3.8) is 0 Å². The van der Waals surface area contributed by atoms with Gasteiger partial charge in [-0.15, -0.1) is 0 Å². The number of rotatable bonds is 6. The van der Waals surface area contributed by atoms with Crippen LogP contribution in [-0.4, -0.2) is 55.2 Å². The Balaban J connectivity index is 2.97. The predicted molar refractivity (Wildman–Crippen MR) is 60.7 cm³/mol. The van der Waals surface area contributed by atoms with Crippen molar-refractivity contribution < 1.29 is 19.2 Å². The van der Waals surface area contributed by atoms with Gasteiger partial charge in [-0.25, -0.2) is 0 Å². The number of amides is 1. The summed E-state index contributed by atoms with van der Waals surface area (Å²) in [7, 11) is 1.32. The van der Waals surface area contributed by atoms with Crippen molar-refractivity contribution >= 4 is 18.4 Å². The number of likely N-dealkylation sites (N-methyl/N-ethyl adjacent to an activating group) is 1. The molecule has 1 rings (SSSR count). The van der Waals surface area contributed by atoms with Crippen LogP contribution in [0.5, 0.6) is 0 Å². The molecular formula is C11H17N2O4. The third-order valence-electron chi connectivity index (χ3n) is 2.90. The highest BCUT2D eigenvalue weighted by atomic mass is 16.7. The number of carbonyl (C=O) groups excluding carboxylic acids is 2. The zero-order valence-corrected chi connectivity index (χ0v) is 10.3. The summed E-state index contributed by atoms with van der Waals surface area (Å²) < 4.78 is 5.13. The van der Waals surface area contributed by atoms with Crippen molar-refractivity contribution in [3.8, 4) is 0 Å². The van der Waals surface area contributed by atoms with Crippen LogP contribution in [0.25, 0.3) is 0 Å². The van der Waals surface area contributed by atoms with E-state index >= 15 is 0 Å². The lowest BCUT2D eigenvalue weighted by Crippen LogP contribution is -2.58. The Morgan fingerprint density at radius 1 is 1.65 bits per heavy atom. The zero-order valence-electron chi connectivity index (χ0n) is 10.3. The van der Waals surface area contributed by atoms with Crippen LogP contribution in [0.3, 0.4) is 0 Å². The summed E-state index contributed by atoms with van der Waals surface area (Å²) in [6, 6.07) is 0. The number of hydrogen-bond donors (Lipinski definition) is 0. The Morgan fingerprint density at radius 2 is 2.29 bits per heavy atom. The molecule has 1 aliphatic rings. The molecule has 0 aromatic carbocycles. The zero-order chi connectivity index (χ0) is 12.9. The average molecular weight is 241 g/mol. The second kappa shape index (κ2) is 5.77. The van der Waals surface area contributed by atoms with Gasteiger partial charge in [0.25, 0.3) is 5.91 Å². The van der Waals surface area contributed by atoms with Crippen LogP contribution in [-0.2, 0) is 19.2 Å². The standard InChI is InChI=1S/C11H17N2O4/c1-4-13(5-2)10(15)11(8-14,16-3)9-6-7-12-17-9/h8-9H,4-6H2,1-3H3. The summed E-state index contributed by atoms with van der Waals surface area (Å²) in [6.45, 7) is 4.69. The Morgan fingerprint density at radius 3 is 2.65 bits per heavy atom. The van der Waals surface area contributed by atoms with Crippen molar-refractivity contribution in [2.24, 2.45) is 5.16 Å². The minimum Gasteiger partial charge on any atom is -0.388 e. The molecule has 0 bridgehead atoms. The monoisotopic (exact) mass is 241 g/mol. The van der Waals surface area contributed by atoms with Crippen LogP contribution in [0.1, 0.15) is 20.3 Å². The van der Waals surface area contributed by atoms with E-state index in [9.17, 15) is 9.59 Å². The molecule has 2 atom stereocenters. The quantitative estimate of drug-likeness (QED) is 0.488. The number of carbonyl (C=O) groups is 2. The van der Waals surface area contributed by atoms with E-state index in [4.69, 9.17) is 9.57 Å². The summed E-state index contributed by atoms with van der Waals surface area (Å²) in [6.07, 6.45) is 2.58. The maximum absolute atomic E-state index is 12.3. The third kappa shape index (κ3) is 2.31. The Labute approximate surface area is 101 Å². The van der Waals surface area contributed by atoms with E-state index < -0.39 is 17.6 Å². The molecule has 1 radical (unpaired) electrons. The normalized spacial score (nSPS) is 21.7. The van der Waals surface area contributed by atoms with E-state index in [1.54, 1.807) is 0 Å². The number of methoxy groups -OCH3 is 1. The van der Waals surface area contributed by atoms with E-state index in [1.807, 2.05) is 13.8 Å². The highest BCUT2D eigenvalue weighted by Crippen LogP contribution is 2.24. The van der Waals surface area contributed by atoms with Gasteiger partial charge in [0.2, 0.25) is 5.60 Å². The first-order chi connectivity index (χ1) is 8.16. The second-order valence-corrected chi connectivity index (χ2v) is 3.64. The van der Waals surface area contributed by atoms with Gasteiger partial charge in [0.1, 0.15) is 6.21 Å². The number of ether oxygens (including phenoxy) is 1. The maximum atomic E-state index is 12.3. The van der Waals surface area contributed by atoms with Gasteiger partial charge >= 0.3 is 0 Å². The molecule has 0 aliphatic carbocycles. The van der Waals surface area contributed by atoms with E-state index in [2.05, 4.69) is 11.4 Å². The van der Waals surface area contributed by atoms with Gasteiger partial charge in [0, 0.05) is 26.6 Å². The fourth-order valence-electron chi connectivity index (χ4n) is 1.78. The molecular weight excluding hydrogens is 224 g/mol. The SMILES string of the molecule is CCN(CC)C(=O)C(C=O)(OC)C1C[C]=NO1. The lowest BCUT2D eigenvalue weighted by Gasteiger charge is -2.33. The lowest BCUT2D eigenvalue weighted by atomic mass is 9.94. The van der Waals surface area contributed by atoms with Crippen LogP contribution in [0.2, 0.25) is 0 Å². The first kappa shape index (κ1) is 13.6. The first-order valence-electron chi connectivity index (χ1n) is 5.55. The summed E-state index contributed by atoms with van der Waals surface area (Å²) >= 11 is 0. The van der Waals surface area contributed by atoms with Crippen molar-refractivity contribution in [1.29, 1.82) is 0 Å². The van der Waals surface area contributed by atoms with Crippen LogP contribution in [0.4, 0.5) is 0 Å². The topological polar surface area (TPSA) is 68.2 Å². The van der Waals surface area contributed by atoms with E-state index in [0.717, 1.165) is 0 Å². The molecule has 6 heteroatoms. The van der Waals surface area contributed by atoms with Crippen LogP contribution < -0.4 is 0 Å². The van der Waals surface area contributed by atoms with Crippen molar-refractivity contribution in [2.45, 2.75) is 32.0 Å². The minimum absolute atomic E-state index is 0.263. The molecule has 0 saturated carbocycles. The third-order valence-corrected chi connectivity index (χ3v) is 2.90. The molecule has 0 spiro atoms. The average Bonchev–Trinajstić information content (AvgIpc) is 2.87. The van der Waals surface area contributed by atoms with E-state index in [1.165, 1.54) is 12.0 Å². The Bertz CT molecular complexity index is 307. The fraction of sp³-hybridized carbons (Fsp3) is 0.727. The van der Waals surface area contributed by atoms with Gasteiger partial charge in [0.15, 0.2) is 12.4 Å². The van der Waals surface area contributed by atoms with Gasteiger partial charge in [0.05, 0.1) is 0 Å². The van der Waals surface area contributed by atoms with Gasteiger partial charge in [-0.2, -0.15) is 0 Å². The number of aldehydes is 1. The smallest absolute Gasteiger partial charge is 0.266 e. The molecule has 95 valence electrons. The number of hydrogen-bond acceptors (Lipinski definition) is 5. The van der Waals surface area contributed by atoms with Gasteiger partial charge < -0.3 is 14.5 Å². The molecule has 1 aliphatic heterocycles. The minimum atomic E-state index is -1.63. The van der Waals surface area contributed by atoms with Gasteiger partial charge in [-0.05, 0) is 13.8 Å². The molecule has 2 unspecified atom stereocenters. The molecule has 0 saturated heterocycles. The van der Waals surface area contributed by atoms with Crippen molar-refractivity contribution in [2.75, 3.05) is 20.2 Å². The fourth-order valence-corrected chi connectivity index (χ4v) is 1.78. The molecule has 6 nitrogen and oxygen atoms in total.